The maximum Gasteiger partial charge on any atom is 0.269 e. The highest BCUT2D eigenvalue weighted by Crippen LogP contribution is 2.34. The third-order valence-corrected chi connectivity index (χ3v) is 6.01. The molecule has 0 fully saturated rings. The van der Waals surface area contributed by atoms with Gasteiger partial charge in [0.2, 0.25) is 0 Å². The van der Waals surface area contributed by atoms with Crippen LogP contribution in [-0.2, 0) is 13.0 Å². The van der Waals surface area contributed by atoms with Gasteiger partial charge in [0.25, 0.3) is 5.69 Å². The minimum absolute atomic E-state index is 0.0499. The molecule has 1 aromatic carbocycles. The molecule has 3 heterocycles. The van der Waals surface area contributed by atoms with Crippen molar-refractivity contribution in [1.82, 2.24) is 24.7 Å². The van der Waals surface area contributed by atoms with Gasteiger partial charge in [-0.15, -0.1) is 21.5 Å². The number of non-ortho nitro benzene ring substituents is 1. The van der Waals surface area contributed by atoms with E-state index in [9.17, 15) is 10.1 Å². The Labute approximate surface area is 168 Å². The number of aromatic nitrogens is 5. The number of thiophene rings is 1. The summed E-state index contributed by atoms with van der Waals surface area (Å²) in [6.07, 6.45) is 0.760. The van der Waals surface area contributed by atoms with Crippen molar-refractivity contribution in [2.75, 3.05) is 0 Å². The van der Waals surface area contributed by atoms with Crippen LogP contribution in [0.15, 0.2) is 45.9 Å². The van der Waals surface area contributed by atoms with E-state index in [1.807, 2.05) is 29.9 Å². The molecule has 0 bridgehead atoms. The van der Waals surface area contributed by atoms with Gasteiger partial charge in [-0.05, 0) is 42.3 Å². The first-order valence-corrected chi connectivity index (χ1v) is 10.4. The van der Waals surface area contributed by atoms with Gasteiger partial charge in [-0.3, -0.25) is 10.1 Å². The predicted molar refractivity (Wildman–Crippen MR) is 109 cm³/mol. The number of hydrogen-bond acceptors (Lipinski definition) is 8. The summed E-state index contributed by atoms with van der Waals surface area (Å²) in [5.41, 5.74) is 0.832. The fourth-order valence-corrected chi connectivity index (χ4v) is 4.64. The SMILES string of the molecule is CCc1nc(Sc2nnc(-c3ccc([N+](=O)[O-])cc3)n2CC)c2ccsc2n1. The van der Waals surface area contributed by atoms with Crippen LogP contribution in [0.2, 0.25) is 0 Å². The van der Waals surface area contributed by atoms with Crippen LogP contribution in [0.3, 0.4) is 0 Å². The molecule has 0 radical (unpaired) electrons. The molecule has 28 heavy (non-hydrogen) atoms. The first kappa shape index (κ1) is 18.5. The molecule has 142 valence electrons. The molecule has 0 spiro atoms. The number of rotatable bonds is 6. The van der Waals surface area contributed by atoms with E-state index in [1.165, 1.54) is 23.9 Å². The monoisotopic (exact) mass is 412 g/mol. The number of hydrogen-bond donors (Lipinski definition) is 0. The van der Waals surface area contributed by atoms with Crippen LogP contribution < -0.4 is 0 Å². The van der Waals surface area contributed by atoms with Gasteiger partial charge in [-0.1, -0.05) is 6.92 Å². The molecule has 0 atom stereocenters. The smallest absolute Gasteiger partial charge is 0.269 e. The van der Waals surface area contributed by atoms with E-state index < -0.39 is 4.92 Å². The summed E-state index contributed by atoms with van der Waals surface area (Å²) in [6.45, 7) is 4.71. The van der Waals surface area contributed by atoms with Crippen molar-refractivity contribution in [3.8, 4) is 11.4 Å². The molecule has 0 N–H and O–H groups in total. The van der Waals surface area contributed by atoms with Gasteiger partial charge in [0, 0.05) is 36.0 Å². The third kappa shape index (κ3) is 3.36. The maximum absolute atomic E-state index is 10.9. The summed E-state index contributed by atoms with van der Waals surface area (Å²) in [6, 6.07) is 8.36. The fraction of sp³-hybridized carbons (Fsp3) is 0.222. The Morgan fingerprint density at radius 1 is 1.14 bits per heavy atom. The van der Waals surface area contributed by atoms with Gasteiger partial charge in [-0.25, -0.2) is 9.97 Å². The lowest BCUT2D eigenvalue weighted by atomic mass is 10.2. The van der Waals surface area contributed by atoms with Crippen molar-refractivity contribution < 1.29 is 4.92 Å². The minimum atomic E-state index is -0.415. The van der Waals surface area contributed by atoms with E-state index in [2.05, 4.69) is 20.2 Å². The number of nitro groups is 1. The van der Waals surface area contributed by atoms with E-state index in [-0.39, 0.29) is 5.69 Å². The zero-order chi connectivity index (χ0) is 19.7. The highest BCUT2D eigenvalue weighted by molar-refractivity contribution is 7.99. The van der Waals surface area contributed by atoms with Crippen molar-refractivity contribution in [3.63, 3.8) is 0 Å². The van der Waals surface area contributed by atoms with Gasteiger partial charge in [0.05, 0.1) is 4.92 Å². The lowest BCUT2D eigenvalue weighted by molar-refractivity contribution is -0.384. The molecule has 0 aliphatic heterocycles. The summed E-state index contributed by atoms with van der Waals surface area (Å²) < 4.78 is 1.98. The zero-order valence-electron chi connectivity index (χ0n) is 15.2. The summed E-state index contributed by atoms with van der Waals surface area (Å²) in [4.78, 5) is 20.7. The lowest BCUT2D eigenvalue weighted by Gasteiger charge is -2.08. The quantitative estimate of drug-likeness (QED) is 0.259. The van der Waals surface area contributed by atoms with Crippen molar-refractivity contribution in [2.45, 2.75) is 37.0 Å². The molecular formula is C18H16N6O2S2. The topological polar surface area (TPSA) is 99.6 Å². The predicted octanol–water partition coefficient (Wildman–Crippen LogP) is 4.59. The molecule has 4 rings (SSSR count). The van der Waals surface area contributed by atoms with Crippen LogP contribution in [0.4, 0.5) is 5.69 Å². The summed E-state index contributed by atoms with van der Waals surface area (Å²) in [7, 11) is 0. The largest absolute Gasteiger partial charge is 0.302 e. The Morgan fingerprint density at radius 2 is 1.93 bits per heavy atom. The Balaban J connectivity index is 1.72. The second kappa shape index (κ2) is 7.64. The average Bonchev–Trinajstić information content (AvgIpc) is 3.34. The van der Waals surface area contributed by atoms with Crippen LogP contribution in [0.25, 0.3) is 21.6 Å². The second-order valence-electron chi connectivity index (χ2n) is 5.89. The fourth-order valence-electron chi connectivity index (χ4n) is 2.79. The number of nitro benzene ring substituents is 1. The Bertz CT molecular complexity index is 1150. The molecule has 8 nitrogen and oxygen atoms in total. The van der Waals surface area contributed by atoms with Crippen molar-refractivity contribution >= 4 is 39.0 Å². The van der Waals surface area contributed by atoms with Gasteiger partial charge >= 0.3 is 0 Å². The highest BCUT2D eigenvalue weighted by Gasteiger charge is 2.18. The van der Waals surface area contributed by atoms with E-state index in [0.717, 1.165) is 38.2 Å². The van der Waals surface area contributed by atoms with Crippen LogP contribution in [0.5, 0.6) is 0 Å². The molecule has 0 unspecified atom stereocenters. The first-order chi connectivity index (χ1) is 13.6. The van der Waals surface area contributed by atoms with Gasteiger partial charge in [0.1, 0.15) is 15.7 Å². The van der Waals surface area contributed by atoms with E-state index in [4.69, 9.17) is 0 Å². The van der Waals surface area contributed by atoms with Crippen molar-refractivity contribution in [2.24, 2.45) is 0 Å². The molecule has 0 aliphatic rings. The van der Waals surface area contributed by atoms with E-state index in [0.29, 0.717) is 12.4 Å². The van der Waals surface area contributed by atoms with Gasteiger partial charge in [0.15, 0.2) is 11.0 Å². The number of benzene rings is 1. The molecular weight excluding hydrogens is 396 g/mol. The van der Waals surface area contributed by atoms with E-state index >= 15 is 0 Å². The summed E-state index contributed by atoms with van der Waals surface area (Å²) in [5.74, 6) is 1.47. The van der Waals surface area contributed by atoms with Crippen molar-refractivity contribution in [3.05, 3.63) is 51.7 Å². The number of nitrogens with zero attached hydrogens (tertiary/aromatic N) is 6. The lowest BCUT2D eigenvalue weighted by Crippen LogP contribution is -2.01. The molecule has 0 saturated carbocycles. The molecule has 0 amide bonds. The van der Waals surface area contributed by atoms with E-state index in [1.54, 1.807) is 23.5 Å². The second-order valence-corrected chi connectivity index (χ2v) is 7.74. The normalized spacial score (nSPS) is 11.2. The summed E-state index contributed by atoms with van der Waals surface area (Å²) in [5, 5.41) is 24.1. The maximum atomic E-state index is 10.9. The van der Waals surface area contributed by atoms with Gasteiger partial charge in [-0.2, -0.15) is 0 Å². The molecule has 0 saturated heterocycles. The standard InChI is InChI=1S/C18H16N6O2S2/c1-3-14-19-16-13(9-10-27-16)17(20-14)28-18-22-21-15(23(18)4-2)11-5-7-12(8-6-11)24(25)26/h5-10H,3-4H2,1-2H3. The molecule has 4 aromatic rings. The van der Waals surface area contributed by atoms with Crippen LogP contribution >= 0.6 is 23.1 Å². The number of aryl methyl sites for hydroxylation is 1. The summed E-state index contributed by atoms with van der Waals surface area (Å²) >= 11 is 3.06. The highest BCUT2D eigenvalue weighted by atomic mass is 32.2. The Hall–Kier alpha value is -2.85. The zero-order valence-corrected chi connectivity index (χ0v) is 16.8. The Morgan fingerprint density at radius 3 is 2.61 bits per heavy atom. The molecule has 0 aliphatic carbocycles. The first-order valence-electron chi connectivity index (χ1n) is 8.70. The average molecular weight is 413 g/mol. The van der Waals surface area contributed by atoms with Gasteiger partial charge < -0.3 is 4.57 Å². The number of fused-ring (bicyclic) bond motifs is 1. The minimum Gasteiger partial charge on any atom is -0.302 e. The van der Waals surface area contributed by atoms with Crippen molar-refractivity contribution in [1.29, 1.82) is 0 Å². The third-order valence-electron chi connectivity index (χ3n) is 4.21. The molecule has 3 aromatic heterocycles. The Kier molecular flexibility index (Phi) is 5.05. The molecule has 10 heteroatoms. The van der Waals surface area contributed by atoms with Crippen LogP contribution in [-0.4, -0.2) is 29.7 Å². The van der Waals surface area contributed by atoms with Crippen LogP contribution in [0, 0.1) is 10.1 Å². The van der Waals surface area contributed by atoms with Crippen LogP contribution in [0.1, 0.15) is 19.7 Å².